The summed E-state index contributed by atoms with van der Waals surface area (Å²) in [5, 5.41) is 6.51. The van der Waals surface area contributed by atoms with Gasteiger partial charge >= 0.3 is 6.03 Å². The number of para-hydroxylation sites is 1. The minimum Gasteiger partial charge on any atom is -0.468 e. The number of benzene rings is 1. The molecule has 0 aliphatic heterocycles. The Morgan fingerprint density at radius 3 is 2.63 bits per heavy atom. The first-order chi connectivity index (χ1) is 13.1. The summed E-state index contributed by atoms with van der Waals surface area (Å²) in [5.74, 6) is -0.348. The van der Waals surface area contributed by atoms with Crippen molar-refractivity contribution in [3.63, 3.8) is 0 Å². The smallest absolute Gasteiger partial charge is 0.326 e. The van der Waals surface area contributed by atoms with Gasteiger partial charge in [0, 0.05) is 11.4 Å². The van der Waals surface area contributed by atoms with Crippen molar-refractivity contribution in [2.75, 3.05) is 11.9 Å². The number of rotatable bonds is 7. The molecule has 0 radical (unpaired) electrons. The highest BCUT2D eigenvalue weighted by Gasteiger charge is 2.16. The fraction of sp³-hybridized carbons (Fsp3) is 0.158. The molecule has 0 aliphatic carbocycles. The van der Waals surface area contributed by atoms with Gasteiger partial charge in [-0.1, -0.05) is 18.2 Å². The molecule has 3 aromatic rings. The largest absolute Gasteiger partial charge is 0.468 e. The summed E-state index contributed by atoms with van der Waals surface area (Å²) in [4.78, 5) is 27.2. The molecule has 140 valence electrons. The van der Waals surface area contributed by atoms with Crippen molar-refractivity contribution in [2.45, 2.75) is 13.1 Å². The second kappa shape index (κ2) is 9.11. The van der Waals surface area contributed by atoms with Crippen LogP contribution >= 0.6 is 11.3 Å². The molecule has 0 spiro atoms. The van der Waals surface area contributed by atoms with Crippen LogP contribution in [0.25, 0.3) is 0 Å². The third-order valence-electron chi connectivity index (χ3n) is 3.66. The molecule has 3 amide bonds. The minimum absolute atomic E-state index is 0.00817. The number of nitrogens with one attached hydrogen (secondary N) is 2. The molecule has 0 bridgehead atoms. The van der Waals surface area contributed by atoms with Crippen LogP contribution < -0.4 is 10.6 Å². The molecule has 0 saturated heterocycles. The molecule has 8 heteroatoms. The lowest BCUT2D eigenvalue weighted by Gasteiger charge is -2.19. The van der Waals surface area contributed by atoms with Crippen molar-refractivity contribution >= 4 is 29.0 Å². The third-order valence-corrected chi connectivity index (χ3v) is 4.52. The average molecular weight is 387 g/mol. The summed E-state index contributed by atoms with van der Waals surface area (Å²) in [5.41, 5.74) is 0.00817. The normalized spacial score (nSPS) is 10.7. The topological polar surface area (TPSA) is 74.6 Å². The molecule has 0 unspecified atom stereocenters. The number of thiophene rings is 1. The Kier molecular flexibility index (Phi) is 6.35. The Morgan fingerprint density at radius 1 is 1.07 bits per heavy atom. The van der Waals surface area contributed by atoms with E-state index in [1.165, 1.54) is 18.2 Å². The van der Waals surface area contributed by atoms with E-state index in [4.69, 9.17) is 4.42 Å². The lowest BCUT2D eigenvalue weighted by atomic mass is 10.3. The molecule has 0 aliphatic rings. The van der Waals surface area contributed by atoms with Crippen LogP contribution in [0.1, 0.15) is 10.6 Å². The maximum Gasteiger partial charge on any atom is 0.326 e. The number of hydrogen-bond acceptors (Lipinski definition) is 5. The molecule has 2 heterocycles. The number of nitrogens with zero attached hydrogens (tertiary/aromatic N) is 1. The molecule has 2 aromatic heterocycles. The Balaban J connectivity index is 1.58. The number of urea groups is 1. The van der Waals surface area contributed by atoms with Gasteiger partial charge < -0.3 is 9.73 Å². The summed E-state index contributed by atoms with van der Waals surface area (Å²) >= 11 is 1.58. The van der Waals surface area contributed by atoms with Crippen LogP contribution in [0.4, 0.5) is 14.9 Å². The van der Waals surface area contributed by atoms with E-state index in [-0.39, 0.29) is 12.2 Å². The zero-order chi connectivity index (χ0) is 19.1. The van der Waals surface area contributed by atoms with Crippen molar-refractivity contribution in [1.82, 2.24) is 10.2 Å². The van der Waals surface area contributed by atoms with Crippen molar-refractivity contribution < 1.29 is 18.4 Å². The molecule has 3 rings (SSSR count). The van der Waals surface area contributed by atoms with Gasteiger partial charge in [0.15, 0.2) is 0 Å². The molecule has 0 atom stereocenters. The maximum atomic E-state index is 13.6. The van der Waals surface area contributed by atoms with Gasteiger partial charge in [0.05, 0.1) is 25.0 Å². The summed E-state index contributed by atoms with van der Waals surface area (Å²) in [6, 6.07) is 12.5. The maximum absolute atomic E-state index is 13.6. The number of carbonyl (C=O) groups is 2. The van der Waals surface area contributed by atoms with E-state index >= 15 is 0 Å². The number of imide groups is 1. The van der Waals surface area contributed by atoms with E-state index in [0.717, 1.165) is 10.6 Å². The molecule has 1 aromatic carbocycles. The van der Waals surface area contributed by atoms with E-state index in [9.17, 15) is 14.0 Å². The first-order valence-electron chi connectivity index (χ1n) is 8.22. The highest BCUT2D eigenvalue weighted by atomic mass is 32.1. The number of anilines is 1. The number of carbonyl (C=O) groups excluding carboxylic acids is 2. The van der Waals surface area contributed by atoms with Crippen molar-refractivity contribution in [2.24, 2.45) is 0 Å². The van der Waals surface area contributed by atoms with Crippen LogP contribution in [0.2, 0.25) is 0 Å². The average Bonchev–Trinajstić information content (AvgIpc) is 3.31. The zero-order valence-electron chi connectivity index (χ0n) is 14.4. The van der Waals surface area contributed by atoms with Crippen LogP contribution in [0, 0.1) is 5.82 Å². The van der Waals surface area contributed by atoms with Crippen LogP contribution in [0.3, 0.4) is 0 Å². The summed E-state index contributed by atoms with van der Waals surface area (Å²) in [6.45, 7) is 0.956. The summed E-state index contributed by atoms with van der Waals surface area (Å²) in [6.07, 6.45) is 1.57. The first-order valence-corrected chi connectivity index (χ1v) is 9.10. The Bertz CT molecular complexity index is 845. The number of halogens is 1. The molecule has 0 saturated carbocycles. The molecule has 27 heavy (non-hydrogen) atoms. The fourth-order valence-electron chi connectivity index (χ4n) is 2.50. The predicted octanol–water partition coefficient (Wildman–Crippen LogP) is 3.83. The van der Waals surface area contributed by atoms with Gasteiger partial charge in [0.2, 0.25) is 5.91 Å². The standard InChI is InChI=1S/C19H18FN3O3S/c20-16-7-1-2-8-17(16)21-19(25)22-18(24)13-23(11-14-5-3-9-26-14)12-15-6-4-10-27-15/h1-10H,11-13H2,(H2,21,22,24,25). The van der Waals surface area contributed by atoms with Gasteiger partial charge in [-0.2, -0.15) is 0 Å². The highest BCUT2D eigenvalue weighted by molar-refractivity contribution is 7.09. The number of furan rings is 1. The van der Waals surface area contributed by atoms with Crippen molar-refractivity contribution in [1.29, 1.82) is 0 Å². The molecular formula is C19H18FN3O3S. The minimum atomic E-state index is -0.779. The Hall–Kier alpha value is -2.97. The number of hydrogen-bond donors (Lipinski definition) is 2. The second-order valence-electron chi connectivity index (χ2n) is 5.79. The van der Waals surface area contributed by atoms with Crippen molar-refractivity contribution in [3.8, 4) is 0 Å². The van der Waals surface area contributed by atoms with Crippen molar-refractivity contribution in [3.05, 3.63) is 76.6 Å². The Morgan fingerprint density at radius 2 is 1.93 bits per heavy atom. The Labute approximate surface area is 159 Å². The fourth-order valence-corrected chi connectivity index (χ4v) is 3.25. The summed E-state index contributed by atoms with van der Waals surface area (Å²) < 4.78 is 18.9. The van der Waals surface area contributed by atoms with Gasteiger partial charge in [0.1, 0.15) is 11.6 Å². The zero-order valence-corrected chi connectivity index (χ0v) is 15.2. The highest BCUT2D eigenvalue weighted by Crippen LogP contribution is 2.15. The monoisotopic (exact) mass is 387 g/mol. The first kappa shape index (κ1) is 18.8. The van der Waals surface area contributed by atoms with Gasteiger partial charge in [-0.25, -0.2) is 9.18 Å². The van der Waals surface area contributed by atoms with E-state index < -0.39 is 17.8 Å². The van der Waals surface area contributed by atoms with E-state index in [2.05, 4.69) is 10.6 Å². The molecule has 2 N–H and O–H groups in total. The van der Waals surface area contributed by atoms with E-state index in [1.54, 1.807) is 29.7 Å². The number of amides is 3. The van der Waals surface area contributed by atoms with Crippen LogP contribution in [0.5, 0.6) is 0 Å². The van der Waals surface area contributed by atoms with Crippen LogP contribution in [0.15, 0.2) is 64.6 Å². The molecule has 6 nitrogen and oxygen atoms in total. The SMILES string of the molecule is O=C(CN(Cc1ccco1)Cc1cccs1)NC(=O)Nc1ccccc1F. The van der Waals surface area contributed by atoms with Gasteiger partial charge in [-0.15, -0.1) is 11.3 Å². The predicted molar refractivity (Wildman–Crippen MR) is 101 cm³/mol. The molecule has 0 fully saturated rings. The quantitative estimate of drug-likeness (QED) is 0.646. The van der Waals surface area contributed by atoms with E-state index in [1.807, 2.05) is 28.5 Å². The van der Waals surface area contributed by atoms with Crippen LogP contribution in [-0.4, -0.2) is 23.4 Å². The van der Waals surface area contributed by atoms with Gasteiger partial charge in [0.25, 0.3) is 0 Å². The third kappa shape index (κ3) is 5.77. The second-order valence-corrected chi connectivity index (χ2v) is 6.82. The lowest BCUT2D eigenvalue weighted by Crippen LogP contribution is -2.41. The van der Waals surface area contributed by atoms with E-state index in [0.29, 0.717) is 13.1 Å². The van der Waals surface area contributed by atoms with Gasteiger partial charge in [-0.05, 0) is 35.7 Å². The van der Waals surface area contributed by atoms with Gasteiger partial charge in [-0.3, -0.25) is 15.0 Å². The lowest BCUT2D eigenvalue weighted by molar-refractivity contribution is -0.121. The molecular weight excluding hydrogens is 369 g/mol. The van der Waals surface area contributed by atoms with Crippen LogP contribution in [-0.2, 0) is 17.9 Å². The summed E-state index contributed by atoms with van der Waals surface area (Å²) in [7, 11) is 0.